The number of aromatic nitrogens is 5. The van der Waals surface area contributed by atoms with Crippen LogP contribution >= 0.6 is 15.9 Å². The number of carbonyl (C=O) groups excluding carboxylic acids is 1. The average Bonchev–Trinajstić information content (AvgIpc) is 3.18. The Morgan fingerprint density at radius 2 is 1.81 bits per heavy atom. The van der Waals surface area contributed by atoms with Crippen LogP contribution in [0, 0.1) is 27.7 Å². The topological polar surface area (TPSA) is 77.6 Å². The fourth-order valence-corrected chi connectivity index (χ4v) is 4.34. The van der Waals surface area contributed by atoms with Gasteiger partial charge >= 0.3 is 0 Å². The Bertz CT molecular complexity index is 1320. The van der Waals surface area contributed by atoms with Gasteiger partial charge in [-0.25, -0.2) is 4.98 Å². The van der Waals surface area contributed by atoms with Crippen LogP contribution in [0.15, 0.2) is 34.8 Å². The lowest BCUT2D eigenvalue weighted by molar-refractivity contribution is 0.0954. The largest absolute Gasteiger partial charge is 0.352 e. The molecule has 1 amide bonds. The molecule has 166 valence electrons. The molecule has 32 heavy (non-hydrogen) atoms. The molecule has 1 N–H and O–H groups in total. The Hall–Kier alpha value is -3.00. The summed E-state index contributed by atoms with van der Waals surface area (Å²) in [5.74, 6) is -0.0985. The second-order valence-corrected chi connectivity index (χ2v) is 8.85. The van der Waals surface area contributed by atoms with Crippen LogP contribution in [0.2, 0.25) is 0 Å². The molecule has 8 heteroatoms. The number of fused-ring (bicyclic) bond motifs is 1. The molecule has 0 fully saturated rings. The van der Waals surface area contributed by atoms with E-state index in [4.69, 9.17) is 4.98 Å². The van der Waals surface area contributed by atoms with Crippen LogP contribution < -0.4 is 5.32 Å². The number of nitrogens with one attached hydrogen (secondary N) is 1. The van der Waals surface area contributed by atoms with Crippen LogP contribution in [0.3, 0.4) is 0 Å². The standard InChI is InChI=1S/C24H27BrN6O/c1-14-22(16(3)30(5)28-14)21-13-19(18-9-6-7-10-20(18)27-21)24(32)26-11-8-12-31-17(4)23(25)15(2)29-31/h6-7,9-10,13H,8,11-12H2,1-5H3,(H,26,32). The Kier molecular flexibility index (Phi) is 6.15. The van der Waals surface area contributed by atoms with Gasteiger partial charge in [-0.3, -0.25) is 14.2 Å². The summed E-state index contributed by atoms with van der Waals surface area (Å²) in [6, 6.07) is 9.64. The minimum absolute atomic E-state index is 0.0985. The predicted octanol–water partition coefficient (Wildman–Crippen LogP) is 4.65. The molecule has 0 spiro atoms. The van der Waals surface area contributed by atoms with Crippen molar-refractivity contribution < 1.29 is 4.79 Å². The molecule has 0 aliphatic carbocycles. The first-order chi connectivity index (χ1) is 15.3. The molecule has 0 saturated carbocycles. The average molecular weight is 495 g/mol. The van der Waals surface area contributed by atoms with Crippen molar-refractivity contribution in [2.75, 3.05) is 6.54 Å². The predicted molar refractivity (Wildman–Crippen MR) is 130 cm³/mol. The summed E-state index contributed by atoms with van der Waals surface area (Å²) in [4.78, 5) is 18.0. The third kappa shape index (κ3) is 4.07. The highest BCUT2D eigenvalue weighted by atomic mass is 79.9. The summed E-state index contributed by atoms with van der Waals surface area (Å²) in [5, 5.41) is 13.0. The number of rotatable bonds is 6. The highest BCUT2D eigenvalue weighted by molar-refractivity contribution is 9.10. The number of benzene rings is 1. The van der Waals surface area contributed by atoms with Gasteiger partial charge in [-0.15, -0.1) is 0 Å². The molecule has 0 unspecified atom stereocenters. The van der Waals surface area contributed by atoms with Gasteiger partial charge in [-0.1, -0.05) is 18.2 Å². The van der Waals surface area contributed by atoms with Gasteiger partial charge in [0.15, 0.2) is 0 Å². The Morgan fingerprint density at radius 3 is 2.47 bits per heavy atom. The van der Waals surface area contributed by atoms with Crippen LogP contribution in [0.1, 0.15) is 39.6 Å². The summed E-state index contributed by atoms with van der Waals surface area (Å²) >= 11 is 3.56. The van der Waals surface area contributed by atoms with Crippen LogP contribution in [-0.2, 0) is 13.6 Å². The molecule has 0 saturated heterocycles. The van der Waals surface area contributed by atoms with Crippen LogP contribution in [0.4, 0.5) is 0 Å². The number of pyridine rings is 1. The molecule has 7 nitrogen and oxygen atoms in total. The highest BCUT2D eigenvalue weighted by Gasteiger charge is 2.18. The molecule has 0 aliphatic rings. The Morgan fingerprint density at radius 1 is 1.06 bits per heavy atom. The first-order valence-electron chi connectivity index (χ1n) is 10.7. The van der Waals surface area contributed by atoms with Gasteiger partial charge in [0.1, 0.15) is 0 Å². The second-order valence-electron chi connectivity index (χ2n) is 8.06. The van der Waals surface area contributed by atoms with E-state index in [-0.39, 0.29) is 5.91 Å². The van der Waals surface area contributed by atoms with E-state index >= 15 is 0 Å². The van der Waals surface area contributed by atoms with Crippen molar-refractivity contribution in [3.05, 3.63) is 63.1 Å². The molecule has 4 rings (SSSR count). The number of hydrogen-bond donors (Lipinski definition) is 1. The lowest BCUT2D eigenvalue weighted by Crippen LogP contribution is -2.26. The summed E-state index contributed by atoms with van der Waals surface area (Å²) in [5.41, 5.74) is 7.16. The van der Waals surface area contributed by atoms with E-state index in [1.54, 1.807) is 0 Å². The monoisotopic (exact) mass is 494 g/mol. The maximum absolute atomic E-state index is 13.2. The fraction of sp³-hybridized carbons (Fsp3) is 0.333. The van der Waals surface area contributed by atoms with E-state index in [0.29, 0.717) is 12.1 Å². The Labute approximate surface area is 196 Å². The quantitative estimate of drug-likeness (QED) is 0.395. The van der Waals surface area contributed by atoms with E-state index in [9.17, 15) is 4.79 Å². The first-order valence-corrected chi connectivity index (χ1v) is 11.4. The number of carbonyl (C=O) groups is 1. The highest BCUT2D eigenvalue weighted by Crippen LogP contribution is 2.29. The van der Waals surface area contributed by atoms with Gasteiger partial charge in [0, 0.05) is 42.5 Å². The van der Waals surface area contributed by atoms with Crippen molar-refractivity contribution >= 4 is 32.7 Å². The van der Waals surface area contributed by atoms with Crippen molar-refractivity contribution in [1.29, 1.82) is 0 Å². The van der Waals surface area contributed by atoms with Gasteiger partial charge in [0.2, 0.25) is 0 Å². The lowest BCUT2D eigenvalue weighted by Gasteiger charge is -2.11. The normalized spacial score (nSPS) is 11.3. The third-order valence-electron chi connectivity index (χ3n) is 5.85. The minimum atomic E-state index is -0.0985. The van der Waals surface area contributed by atoms with Crippen LogP contribution in [-0.4, -0.2) is 37.0 Å². The van der Waals surface area contributed by atoms with E-state index in [2.05, 4.69) is 31.4 Å². The molecule has 4 aromatic rings. The number of halogens is 1. The number of para-hydroxylation sites is 1. The second kappa shape index (κ2) is 8.86. The van der Waals surface area contributed by atoms with Gasteiger partial charge in [0.25, 0.3) is 5.91 Å². The summed E-state index contributed by atoms with van der Waals surface area (Å²) < 4.78 is 4.86. The van der Waals surface area contributed by atoms with Crippen molar-refractivity contribution in [1.82, 2.24) is 29.9 Å². The van der Waals surface area contributed by atoms with E-state index in [1.807, 2.05) is 74.4 Å². The van der Waals surface area contributed by atoms with E-state index in [1.165, 1.54) is 0 Å². The van der Waals surface area contributed by atoms with Gasteiger partial charge in [-0.2, -0.15) is 10.2 Å². The molecule has 0 bridgehead atoms. The zero-order chi connectivity index (χ0) is 23.0. The SMILES string of the molecule is Cc1nn(CCCNC(=O)c2cc(-c3c(C)nn(C)c3C)nc3ccccc23)c(C)c1Br. The Balaban J connectivity index is 1.57. The number of nitrogens with zero attached hydrogens (tertiary/aromatic N) is 5. The smallest absolute Gasteiger partial charge is 0.252 e. The third-order valence-corrected chi connectivity index (χ3v) is 7.00. The summed E-state index contributed by atoms with van der Waals surface area (Å²) in [6.45, 7) is 9.31. The van der Waals surface area contributed by atoms with E-state index in [0.717, 1.165) is 62.4 Å². The number of amides is 1. The van der Waals surface area contributed by atoms with Gasteiger partial charge < -0.3 is 5.32 Å². The zero-order valence-corrected chi connectivity index (χ0v) is 20.6. The summed E-state index contributed by atoms with van der Waals surface area (Å²) in [6.07, 6.45) is 0.789. The molecule has 0 radical (unpaired) electrons. The molecular weight excluding hydrogens is 468 g/mol. The first kappa shape index (κ1) is 22.2. The minimum Gasteiger partial charge on any atom is -0.352 e. The van der Waals surface area contributed by atoms with Gasteiger partial charge in [0.05, 0.1) is 32.6 Å². The molecule has 0 atom stereocenters. The van der Waals surface area contributed by atoms with Crippen molar-refractivity contribution in [2.24, 2.45) is 7.05 Å². The summed E-state index contributed by atoms with van der Waals surface area (Å²) in [7, 11) is 1.92. The van der Waals surface area contributed by atoms with Crippen LogP contribution in [0.5, 0.6) is 0 Å². The number of hydrogen-bond acceptors (Lipinski definition) is 4. The maximum atomic E-state index is 13.2. The number of aryl methyl sites for hydroxylation is 4. The van der Waals surface area contributed by atoms with Crippen LogP contribution in [0.25, 0.3) is 22.2 Å². The van der Waals surface area contributed by atoms with Crippen molar-refractivity contribution in [3.8, 4) is 11.3 Å². The zero-order valence-electron chi connectivity index (χ0n) is 19.0. The van der Waals surface area contributed by atoms with E-state index < -0.39 is 0 Å². The van der Waals surface area contributed by atoms with Crippen molar-refractivity contribution in [2.45, 2.75) is 40.7 Å². The lowest BCUT2D eigenvalue weighted by atomic mass is 10.0. The molecular formula is C24H27BrN6O. The van der Waals surface area contributed by atoms with Crippen molar-refractivity contribution in [3.63, 3.8) is 0 Å². The fourth-order valence-electron chi connectivity index (χ4n) is 4.05. The molecule has 3 aromatic heterocycles. The molecule has 1 aromatic carbocycles. The molecule has 0 aliphatic heterocycles. The molecule has 3 heterocycles. The van der Waals surface area contributed by atoms with Gasteiger partial charge in [-0.05, 0) is 62.2 Å². The maximum Gasteiger partial charge on any atom is 0.252 e.